The van der Waals surface area contributed by atoms with Gasteiger partial charge in [0, 0.05) is 12.3 Å². The zero-order valence-electron chi connectivity index (χ0n) is 4.63. The molecule has 9 heavy (non-hydrogen) atoms. The van der Waals surface area contributed by atoms with Gasteiger partial charge in [0.25, 0.3) is 0 Å². The molecule has 0 fully saturated rings. The summed E-state index contributed by atoms with van der Waals surface area (Å²) in [5, 5.41) is 0. The van der Waals surface area contributed by atoms with Gasteiger partial charge in [0.15, 0.2) is 0 Å². The number of rotatable bonds is 1. The Morgan fingerprint density at radius 3 is 3.00 bits per heavy atom. The summed E-state index contributed by atoms with van der Waals surface area (Å²) >= 11 is 0. The smallest absolute Gasteiger partial charge is 0.393 e. The van der Waals surface area contributed by atoms with E-state index in [2.05, 4.69) is 9.72 Å². The molecule has 1 aromatic rings. The van der Waals surface area contributed by atoms with E-state index in [0.29, 0.717) is 5.88 Å². The molecule has 1 aromatic heterocycles. The highest BCUT2D eigenvalue weighted by Gasteiger charge is 1.95. The second-order valence-corrected chi connectivity index (χ2v) is 1.46. The number of hydrogen-bond acceptors (Lipinski definition) is 2. The Morgan fingerprint density at radius 2 is 2.56 bits per heavy atom. The largest absolute Gasteiger partial charge is 0.411 e. The van der Waals surface area contributed by atoms with Crippen molar-refractivity contribution in [3.8, 4) is 5.88 Å². The first-order valence-electron chi connectivity index (χ1n) is 2.40. The lowest BCUT2D eigenvalue weighted by molar-refractivity contribution is 0.209. The number of carbonyl (C=O) groups is 1. The SMILES string of the molecule is NC(=O)Oc1ccc[nH]1. The number of hydrogen-bond donors (Lipinski definition) is 2. The Balaban J connectivity index is 2.58. The molecular weight excluding hydrogens is 120 g/mol. The zero-order valence-corrected chi connectivity index (χ0v) is 4.63. The van der Waals surface area contributed by atoms with Crippen LogP contribution in [0.3, 0.4) is 0 Å². The molecule has 0 aliphatic carbocycles. The maximum atomic E-state index is 10.0. The van der Waals surface area contributed by atoms with E-state index in [1.807, 2.05) is 0 Å². The predicted octanol–water partition coefficient (Wildman–Crippen LogP) is 0.472. The average Bonchev–Trinajstić information content (AvgIpc) is 2.15. The van der Waals surface area contributed by atoms with Crippen LogP contribution in [0.1, 0.15) is 0 Å². The van der Waals surface area contributed by atoms with Crippen LogP contribution in [0, 0.1) is 0 Å². The first kappa shape index (κ1) is 5.68. The fourth-order valence-corrected chi connectivity index (χ4v) is 0.486. The van der Waals surface area contributed by atoms with Crippen molar-refractivity contribution in [3.05, 3.63) is 18.3 Å². The number of nitrogens with two attached hydrogens (primary N) is 1. The summed E-state index contributed by atoms with van der Waals surface area (Å²) in [6.07, 6.45) is 0.829. The second-order valence-electron chi connectivity index (χ2n) is 1.46. The van der Waals surface area contributed by atoms with Gasteiger partial charge in [-0.05, 0) is 6.07 Å². The van der Waals surface area contributed by atoms with Crippen molar-refractivity contribution in [2.75, 3.05) is 0 Å². The molecule has 3 N–H and O–H groups in total. The molecule has 0 aliphatic rings. The normalized spacial score (nSPS) is 8.89. The lowest BCUT2D eigenvalue weighted by atomic mass is 10.6. The molecule has 0 aromatic carbocycles. The third-order valence-corrected chi connectivity index (χ3v) is 0.780. The minimum absolute atomic E-state index is 0.363. The molecule has 1 rings (SSSR count). The van der Waals surface area contributed by atoms with Crippen LogP contribution in [-0.4, -0.2) is 11.1 Å². The topological polar surface area (TPSA) is 68.1 Å². The highest BCUT2D eigenvalue weighted by molar-refractivity contribution is 5.67. The molecular formula is C5H6N2O2. The number of ether oxygens (including phenoxy) is 1. The molecule has 1 amide bonds. The maximum absolute atomic E-state index is 10.0. The van der Waals surface area contributed by atoms with Crippen LogP contribution in [-0.2, 0) is 0 Å². The summed E-state index contributed by atoms with van der Waals surface area (Å²) in [5.41, 5.74) is 4.70. The minimum Gasteiger partial charge on any atom is -0.393 e. The Morgan fingerprint density at radius 1 is 1.78 bits per heavy atom. The molecule has 0 bridgehead atoms. The van der Waals surface area contributed by atoms with Gasteiger partial charge in [0.1, 0.15) is 0 Å². The van der Waals surface area contributed by atoms with Crippen LogP contribution < -0.4 is 10.5 Å². The molecule has 4 nitrogen and oxygen atoms in total. The Labute approximate surface area is 51.6 Å². The molecule has 48 valence electrons. The van der Waals surface area contributed by atoms with Gasteiger partial charge in [0.2, 0.25) is 5.88 Å². The standard InChI is InChI=1S/C5H6N2O2/c6-5(8)9-4-2-1-3-7-4/h1-3,7H,(H2,6,8). The third kappa shape index (κ3) is 1.49. The molecule has 0 saturated carbocycles. The van der Waals surface area contributed by atoms with E-state index in [1.54, 1.807) is 18.3 Å². The van der Waals surface area contributed by atoms with E-state index in [1.165, 1.54) is 0 Å². The van der Waals surface area contributed by atoms with E-state index < -0.39 is 6.09 Å². The van der Waals surface area contributed by atoms with Gasteiger partial charge < -0.3 is 15.5 Å². The number of aromatic amines is 1. The monoisotopic (exact) mass is 126 g/mol. The van der Waals surface area contributed by atoms with Crippen molar-refractivity contribution in [2.24, 2.45) is 5.73 Å². The first-order valence-corrected chi connectivity index (χ1v) is 2.40. The van der Waals surface area contributed by atoms with Crippen LogP contribution in [0.5, 0.6) is 5.88 Å². The van der Waals surface area contributed by atoms with Crippen LogP contribution in [0.2, 0.25) is 0 Å². The number of H-pyrrole nitrogens is 1. The van der Waals surface area contributed by atoms with E-state index in [0.717, 1.165) is 0 Å². The number of carbonyl (C=O) groups excluding carboxylic acids is 1. The Kier molecular flexibility index (Phi) is 1.40. The molecule has 0 unspecified atom stereocenters. The van der Waals surface area contributed by atoms with Gasteiger partial charge in [-0.15, -0.1) is 0 Å². The van der Waals surface area contributed by atoms with Gasteiger partial charge in [-0.3, -0.25) is 0 Å². The summed E-state index contributed by atoms with van der Waals surface area (Å²) in [4.78, 5) is 12.7. The lowest BCUT2D eigenvalue weighted by Crippen LogP contribution is -2.16. The summed E-state index contributed by atoms with van der Waals surface area (Å²) < 4.78 is 4.44. The zero-order chi connectivity index (χ0) is 6.69. The molecule has 0 radical (unpaired) electrons. The van der Waals surface area contributed by atoms with Crippen molar-refractivity contribution in [1.82, 2.24) is 4.98 Å². The van der Waals surface area contributed by atoms with Crippen LogP contribution in [0.25, 0.3) is 0 Å². The molecule has 0 aliphatic heterocycles. The maximum Gasteiger partial charge on any atom is 0.411 e. The molecule has 0 spiro atoms. The molecule has 0 saturated heterocycles. The molecule has 4 heteroatoms. The first-order chi connectivity index (χ1) is 4.29. The van der Waals surface area contributed by atoms with E-state index in [-0.39, 0.29) is 0 Å². The van der Waals surface area contributed by atoms with Crippen molar-refractivity contribution in [2.45, 2.75) is 0 Å². The third-order valence-electron chi connectivity index (χ3n) is 0.780. The Bertz CT molecular complexity index is 193. The van der Waals surface area contributed by atoms with Crippen LogP contribution in [0.4, 0.5) is 4.79 Å². The van der Waals surface area contributed by atoms with Crippen molar-refractivity contribution in [1.29, 1.82) is 0 Å². The number of nitrogens with one attached hydrogen (secondary N) is 1. The fraction of sp³-hybridized carbons (Fsp3) is 0. The summed E-state index contributed by atoms with van der Waals surface area (Å²) in [5.74, 6) is 0.363. The Hall–Kier alpha value is -1.45. The predicted molar refractivity (Wildman–Crippen MR) is 31.0 cm³/mol. The van der Waals surface area contributed by atoms with Gasteiger partial charge in [0.05, 0.1) is 0 Å². The number of aromatic nitrogens is 1. The van der Waals surface area contributed by atoms with Crippen LogP contribution in [0.15, 0.2) is 18.3 Å². The second kappa shape index (κ2) is 2.21. The fourth-order valence-electron chi connectivity index (χ4n) is 0.486. The van der Waals surface area contributed by atoms with E-state index >= 15 is 0 Å². The van der Waals surface area contributed by atoms with Crippen LogP contribution >= 0.6 is 0 Å². The minimum atomic E-state index is -0.808. The van der Waals surface area contributed by atoms with E-state index in [4.69, 9.17) is 5.73 Å². The molecule has 1 heterocycles. The summed E-state index contributed by atoms with van der Waals surface area (Å²) in [6.45, 7) is 0. The summed E-state index contributed by atoms with van der Waals surface area (Å²) in [7, 11) is 0. The quantitative estimate of drug-likeness (QED) is 0.574. The highest BCUT2D eigenvalue weighted by atomic mass is 16.6. The van der Waals surface area contributed by atoms with Gasteiger partial charge >= 0.3 is 6.09 Å². The van der Waals surface area contributed by atoms with Gasteiger partial charge in [-0.2, -0.15) is 0 Å². The highest BCUT2D eigenvalue weighted by Crippen LogP contribution is 2.02. The lowest BCUT2D eigenvalue weighted by Gasteiger charge is -1.92. The van der Waals surface area contributed by atoms with Gasteiger partial charge in [-0.1, -0.05) is 0 Å². The van der Waals surface area contributed by atoms with Crippen molar-refractivity contribution >= 4 is 6.09 Å². The number of primary amides is 1. The average molecular weight is 126 g/mol. The number of amides is 1. The van der Waals surface area contributed by atoms with Gasteiger partial charge in [-0.25, -0.2) is 4.79 Å². The van der Waals surface area contributed by atoms with Crippen molar-refractivity contribution < 1.29 is 9.53 Å². The summed E-state index contributed by atoms with van der Waals surface area (Å²) in [6, 6.07) is 3.31. The van der Waals surface area contributed by atoms with Crippen molar-refractivity contribution in [3.63, 3.8) is 0 Å². The molecule has 0 atom stereocenters. The van der Waals surface area contributed by atoms with E-state index in [9.17, 15) is 4.79 Å².